The third-order valence-electron chi connectivity index (χ3n) is 2.46. The molecule has 0 saturated heterocycles. The van der Waals surface area contributed by atoms with E-state index < -0.39 is 9.84 Å². The van der Waals surface area contributed by atoms with Crippen molar-refractivity contribution in [3.8, 4) is 5.82 Å². The highest BCUT2D eigenvalue weighted by molar-refractivity contribution is 7.90. The van der Waals surface area contributed by atoms with E-state index in [1.165, 1.54) is 6.26 Å². The number of hydrogen-bond acceptors (Lipinski definition) is 5. The molecular formula is C12H16N4O2S. The van der Waals surface area contributed by atoms with Gasteiger partial charge >= 0.3 is 0 Å². The Morgan fingerprint density at radius 1 is 1.37 bits per heavy atom. The maximum Gasteiger partial charge on any atom is 0.176 e. The first kappa shape index (κ1) is 13.5. The van der Waals surface area contributed by atoms with Gasteiger partial charge in [-0.2, -0.15) is 5.10 Å². The van der Waals surface area contributed by atoms with Crippen molar-refractivity contribution in [2.24, 2.45) is 0 Å². The van der Waals surface area contributed by atoms with Gasteiger partial charge in [-0.25, -0.2) is 18.1 Å². The maximum absolute atomic E-state index is 11.3. The molecule has 1 unspecified atom stereocenters. The fourth-order valence-corrected chi connectivity index (χ4v) is 2.84. The fraction of sp³-hybridized carbons (Fsp3) is 0.333. The first-order chi connectivity index (χ1) is 8.96. The lowest BCUT2D eigenvalue weighted by atomic mass is 10.3. The summed E-state index contributed by atoms with van der Waals surface area (Å²) in [6.07, 6.45) is 6.35. The van der Waals surface area contributed by atoms with E-state index in [9.17, 15) is 8.42 Å². The summed E-state index contributed by atoms with van der Waals surface area (Å²) in [5, 5.41) is 7.28. The van der Waals surface area contributed by atoms with Crippen LogP contribution >= 0.6 is 0 Å². The Labute approximate surface area is 112 Å². The van der Waals surface area contributed by atoms with Crippen LogP contribution in [-0.2, 0) is 9.84 Å². The van der Waals surface area contributed by atoms with E-state index in [1.807, 2.05) is 13.0 Å². The van der Waals surface area contributed by atoms with Gasteiger partial charge in [0.15, 0.2) is 5.82 Å². The average molecular weight is 280 g/mol. The van der Waals surface area contributed by atoms with Gasteiger partial charge in [0.05, 0.1) is 11.4 Å². The van der Waals surface area contributed by atoms with Crippen molar-refractivity contribution in [1.82, 2.24) is 14.8 Å². The molecule has 0 bridgehead atoms. The van der Waals surface area contributed by atoms with E-state index in [0.29, 0.717) is 5.82 Å². The molecule has 0 aliphatic heterocycles. The highest BCUT2D eigenvalue weighted by Gasteiger charge is 2.13. The number of sulfone groups is 1. The molecule has 6 nitrogen and oxygen atoms in total. The van der Waals surface area contributed by atoms with Crippen LogP contribution in [0.1, 0.15) is 6.92 Å². The minimum absolute atomic E-state index is 0.0699. The van der Waals surface area contributed by atoms with Crippen molar-refractivity contribution in [2.75, 3.05) is 17.3 Å². The van der Waals surface area contributed by atoms with E-state index >= 15 is 0 Å². The van der Waals surface area contributed by atoms with Crippen LogP contribution < -0.4 is 5.32 Å². The summed E-state index contributed by atoms with van der Waals surface area (Å²) in [5.74, 6) is 0.716. The Hall–Kier alpha value is -1.89. The van der Waals surface area contributed by atoms with Crippen LogP contribution in [0.4, 0.5) is 5.69 Å². The number of rotatable bonds is 5. The summed E-state index contributed by atoms with van der Waals surface area (Å²) in [7, 11) is -3.02. The predicted octanol–water partition coefficient (Wildman–Crippen LogP) is 1.11. The molecule has 2 heterocycles. The Morgan fingerprint density at radius 2 is 2.16 bits per heavy atom. The topological polar surface area (TPSA) is 76.9 Å². The monoisotopic (exact) mass is 280 g/mol. The highest BCUT2D eigenvalue weighted by atomic mass is 32.2. The molecule has 2 aromatic heterocycles. The number of nitrogens with one attached hydrogen (secondary N) is 1. The van der Waals surface area contributed by atoms with Crippen molar-refractivity contribution in [3.05, 3.63) is 36.8 Å². The molecular weight excluding hydrogens is 264 g/mol. The smallest absolute Gasteiger partial charge is 0.176 e. The number of anilines is 1. The van der Waals surface area contributed by atoms with E-state index in [1.54, 1.807) is 35.4 Å². The molecule has 7 heteroatoms. The van der Waals surface area contributed by atoms with Gasteiger partial charge in [-0.3, -0.25) is 0 Å². The van der Waals surface area contributed by atoms with Gasteiger partial charge in [0.25, 0.3) is 0 Å². The molecule has 0 aliphatic carbocycles. The molecule has 19 heavy (non-hydrogen) atoms. The van der Waals surface area contributed by atoms with E-state index in [-0.39, 0.29) is 11.8 Å². The minimum atomic E-state index is -3.02. The molecule has 0 spiro atoms. The summed E-state index contributed by atoms with van der Waals surface area (Å²) >= 11 is 0. The number of hydrogen-bond donors (Lipinski definition) is 1. The van der Waals surface area contributed by atoms with Crippen molar-refractivity contribution in [2.45, 2.75) is 13.0 Å². The lowest BCUT2D eigenvalue weighted by Crippen LogP contribution is -2.25. The van der Waals surface area contributed by atoms with Gasteiger partial charge in [0.2, 0.25) is 0 Å². The second-order valence-corrected chi connectivity index (χ2v) is 6.65. The van der Waals surface area contributed by atoms with E-state index in [4.69, 9.17) is 0 Å². The van der Waals surface area contributed by atoms with E-state index in [0.717, 1.165) is 5.69 Å². The summed E-state index contributed by atoms with van der Waals surface area (Å²) in [5.41, 5.74) is 0.752. The Kier molecular flexibility index (Phi) is 3.84. The molecule has 0 amide bonds. The van der Waals surface area contributed by atoms with Gasteiger partial charge < -0.3 is 5.32 Å². The summed E-state index contributed by atoms with van der Waals surface area (Å²) in [6.45, 7) is 1.82. The Balaban J connectivity index is 2.22. The molecule has 102 valence electrons. The average Bonchev–Trinajstić information content (AvgIpc) is 2.80. The summed E-state index contributed by atoms with van der Waals surface area (Å²) in [6, 6.07) is 5.25. The number of nitrogens with zero attached hydrogens (tertiary/aromatic N) is 3. The van der Waals surface area contributed by atoms with Crippen LogP contribution in [0.2, 0.25) is 0 Å². The first-order valence-corrected chi connectivity index (χ1v) is 7.91. The zero-order valence-electron chi connectivity index (χ0n) is 10.8. The normalized spacial score (nSPS) is 13.2. The molecule has 0 saturated carbocycles. The van der Waals surface area contributed by atoms with Crippen LogP contribution in [0.25, 0.3) is 5.82 Å². The molecule has 0 fully saturated rings. The first-order valence-electron chi connectivity index (χ1n) is 5.85. The van der Waals surface area contributed by atoms with E-state index in [2.05, 4.69) is 15.4 Å². The van der Waals surface area contributed by atoms with Gasteiger partial charge in [-0.1, -0.05) is 0 Å². The van der Waals surface area contributed by atoms with Gasteiger partial charge in [-0.15, -0.1) is 0 Å². The Bertz CT molecular complexity index is 638. The van der Waals surface area contributed by atoms with Crippen LogP contribution in [0.15, 0.2) is 36.8 Å². The quantitative estimate of drug-likeness (QED) is 0.888. The van der Waals surface area contributed by atoms with Crippen molar-refractivity contribution < 1.29 is 8.42 Å². The van der Waals surface area contributed by atoms with Gasteiger partial charge in [0.1, 0.15) is 9.84 Å². The second-order valence-electron chi connectivity index (χ2n) is 4.46. The van der Waals surface area contributed by atoms with Crippen molar-refractivity contribution in [1.29, 1.82) is 0 Å². The van der Waals surface area contributed by atoms with Crippen LogP contribution in [-0.4, -0.2) is 41.2 Å². The van der Waals surface area contributed by atoms with Crippen LogP contribution in [0, 0.1) is 0 Å². The van der Waals surface area contributed by atoms with Crippen LogP contribution in [0.3, 0.4) is 0 Å². The second kappa shape index (κ2) is 5.40. The lowest BCUT2D eigenvalue weighted by Gasteiger charge is -2.16. The van der Waals surface area contributed by atoms with Crippen molar-refractivity contribution >= 4 is 15.5 Å². The number of pyridine rings is 1. The predicted molar refractivity (Wildman–Crippen MR) is 74.2 cm³/mol. The number of aromatic nitrogens is 3. The van der Waals surface area contributed by atoms with Gasteiger partial charge in [-0.05, 0) is 25.1 Å². The third-order valence-corrected chi connectivity index (χ3v) is 3.57. The molecule has 1 atom stereocenters. The molecule has 1 N–H and O–H groups in total. The summed E-state index contributed by atoms with van der Waals surface area (Å²) < 4.78 is 24.2. The lowest BCUT2D eigenvalue weighted by molar-refractivity contribution is 0.598. The zero-order valence-corrected chi connectivity index (χ0v) is 11.6. The summed E-state index contributed by atoms with van der Waals surface area (Å²) in [4.78, 5) is 4.26. The largest absolute Gasteiger partial charge is 0.379 e. The van der Waals surface area contributed by atoms with Crippen LogP contribution in [0.5, 0.6) is 0 Å². The SMILES string of the molecule is CC(CS(C)(=O)=O)Nc1cccnc1-n1cccn1. The Morgan fingerprint density at radius 3 is 2.79 bits per heavy atom. The molecule has 2 rings (SSSR count). The maximum atomic E-state index is 11.3. The molecule has 2 aromatic rings. The van der Waals surface area contributed by atoms with Gasteiger partial charge in [0, 0.05) is 30.9 Å². The molecule has 0 aliphatic rings. The molecule has 0 aromatic carbocycles. The highest BCUT2D eigenvalue weighted by Crippen LogP contribution is 2.17. The third kappa shape index (κ3) is 3.78. The molecule has 0 radical (unpaired) electrons. The standard InChI is InChI=1S/C12H16N4O2S/c1-10(9-19(2,17)18)15-11-5-3-6-13-12(11)16-8-4-7-14-16/h3-8,10,15H,9H2,1-2H3. The minimum Gasteiger partial charge on any atom is -0.379 e. The zero-order chi connectivity index (χ0) is 13.9. The fourth-order valence-electron chi connectivity index (χ4n) is 1.85. The van der Waals surface area contributed by atoms with Crippen molar-refractivity contribution in [3.63, 3.8) is 0 Å².